The smallest absolute Gasteiger partial charge is 0.367 e. The van der Waals surface area contributed by atoms with Gasteiger partial charge in [-0.25, -0.2) is 14.1 Å². The molecule has 9 heteroatoms. The average molecular weight is 568 g/mol. The number of thioether (sulfide) groups is 1. The first kappa shape index (κ1) is 28.6. The highest BCUT2D eigenvalue weighted by Crippen LogP contribution is 2.55. The molecule has 2 N–H and O–H groups in total. The van der Waals surface area contributed by atoms with Gasteiger partial charge in [0, 0.05) is 42.1 Å². The Morgan fingerprint density at radius 2 is 1.90 bits per heavy atom. The molecule has 2 aromatic carbocycles. The number of Topliss-reactive ketones (excluding diaryl/α,β-unsaturated/α-hetero) is 1. The van der Waals surface area contributed by atoms with E-state index in [0.29, 0.717) is 36.9 Å². The molecule has 2 aromatic rings. The molecule has 1 fully saturated rings. The Morgan fingerprint density at radius 3 is 2.60 bits per heavy atom. The van der Waals surface area contributed by atoms with Gasteiger partial charge in [0.05, 0.1) is 17.7 Å². The number of rotatable bonds is 5. The number of ether oxygens (including phenoxy) is 2. The van der Waals surface area contributed by atoms with Crippen molar-refractivity contribution in [2.75, 3.05) is 38.6 Å². The Labute approximate surface area is 240 Å². The molecule has 0 aliphatic carbocycles. The van der Waals surface area contributed by atoms with E-state index in [4.69, 9.17) is 9.47 Å². The molecule has 0 aromatic heterocycles. The van der Waals surface area contributed by atoms with Gasteiger partial charge in [-0.3, -0.25) is 4.79 Å². The molecule has 3 heterocycles. The van der Waals surface area contributed by atoms with Crippen LogP contribution in [-0.4, -0.2) is 66.9 Å². The number of hydrogen-bond donors (Lipinski definition) is 2. The van der Waals surface area contributed by atoms with E-state index < -0.39 is 27.3 Å². The molecule has 5 rings (SSSR count). The number of benzene rings is 2. The van der Waals surface area contributed by atoms with E-state index >= 15 is 0 Å². The molecule has 0 bridgehead atoms. The maximum atomic E-state index is 14.8. The maximum absolute atomic E-state index is 14.8. The molecule has 4 atom stereocenters. The minimum absolute atomic E-state index is 0.0894. The van der Waals surface area contributed by atoms with Crippen molar-refractivity contribution in [3.05, 3.63) is 53.1 Å². The van der Waals surface area contributed by atoms with Gasteiger partial charge in [0.2, 0.25) is 5.54 Å². The van der Waals surface area contributed by atoms with Crippen molar-refractivity contribution in [2.24, 2.45) is 11.3 Å². The molecule has 1 unspecified atom stereocenters. The molecular formula is C31H39N2O6S+. The Bertz CT molecular complexity index is 1350. The van der Waals surface area contributed by atoms with E-state index in [1.54, 1.807) is 0 Å². The zero-order valence-electron chi connectivity index (χ0n) is 23.9. The number of hydrogen-bond acceptors (Lipinski definition) is 7. The van der Waals surface area contributed by atoms with Crippen LogP contribution in [0.4, 0.5) is 5.69 Å². The first-order valence-corrected chi connectivity index (χ1v) is 14.9. The molecule has 0 saturated carbocycles. The predicted octanol–water partition coefficient (Wildman–Crippen LogP) is 4.50. The number of aryl methyl sites for hydroxylation is 1. The summed E-state index contributed by atoms with van der Waals surface area (Å²) in [4.78, 5) is 41.7. The fraction of sp³-hybridized carbons (Fsp3) is 0.516. The zero-order chi connectivity index (χ0) is 28.9. The van der Waals surface area contributed by atoms with Crippen molar-refractivity contribution in [2.45, 2.75) is 51.8 Å². The second kappa shape index (κ2) is 10.5. The highest BCUT2D eigenvalue weighted by molar-refractivity contribution is 8.00. The summed E-state index contributed by atoms with van der Waals surface area (Å²) in [7, 11) is 0. The Kier molecular flexibility index (Phi) is 7.52. The summed E-state index contributed by atoms with van der Waals surface area (Å²) in [6, 6.07) is 11.8. The van der Waals surface area contributed by atoms with Crippen molar-refractivity contribution in [3.63, 3.8) is 0 Å². The van der Waals surface area contributed by atoms with E-state index in [2.05, 4.69) is 11.4 Å². The summed E-state index contributed by atoms with van der Waals surface area (Å²) < 4.78 is 11.6. The van der Waals surface area contributed by atoms with Gasteiger partial charge < -0.3 is 19.9 Å². The largest absolute Gasteiger partial charge is 0.486 e. The molecule has 8 nitrogen and oxygen atoms in total. The third-order valence-electron chi connectivity index (χ3n) is 8.42. The summed E-state index contributed by atoms with van der Waals surface area (Å²) in [5, 5.41) is 14.1. The van der Waals surface area contributed by atoms with Crippen LogP contribution in [0.1, 0.15) is 56.1 Å². The minimum atomic E-state index is -1.66. The molecule has 40 heavy (non-hydrogen) atoms. The van der Waals surface area contributed by atoms with Gasteiger partial charge >= 0.3 is 11.9 Å². The van der Waals surface area contributed by atoms with Gasteiger partial charge in [-0.05, 0) is 26.0 Å². The number of amides is 1. The van der Waals surface area contributed by atoms with Crippen LogP contribution in [0.15, 0.2) is 36.4 Å². The van der Waals surface area contributed by atoms with Crippen LogP contribution in [0, 0.1) is 18.3 Å². The number of carbonyl (C=O) groups is 3. The average Bonchev–Trinajstić information content (AvgIpc) is 3.02. The highest BCUT2D eigenvalue weighted by Gasteiger charge is 2.69. The van der Waals surface area contributed by atoms with Crippen LogP contribution in [0.3, 0.4) is 0 Å². The Hall–Kier alpha value is -2.88. The minimum Gasteiger partial charge on any atom is -0.486 e. The first-order valence-electron chi connectivity index (χ1n) is 13.9. The SMILES string of the molecule is CC(=O)[C@H]1CNCC[C@]1(C(=O)O)[N@+]1(CC(C)(C)C)C(=O)CSC(c2cccc3c2OCCO3)c2cc(C)ccc21. The second-order valence-corrected chi connectivity index (χ2v) is 13.5. The Morgan fingerprint density at radius 1 is 1.15 bits per heavy atom. The molecule has 3 aliphatic rings. The molecule has 3 aliphatic heterocycles. The third kappa shape index (κ3) is 4.52. The molecule has 214 valence electrons. The standard InChI is InChI=1S/C31H38N2O6S/c1-19-9-10-24-22(15-19)28(21-7-6-8-25-27(21)39-14-13-38-25)40-17-26(35)33(24,18-30(3,4)5)31(29(36)37)11-12-32-16-23(31)20(2)34/h6-10,15,23,28,32H,11-14,16-18H2,1-5H3/p+1/t23-,28?,31+,33+/m1/s1. The van der Waals surface area contributed by atoms with Gasteiger partial charge in [0.1, 0.15) is 30.4 Å². The summed E-state index contributed by atoms with van der Waals surface area (Å²) in [5.74, 6) is -0.965. The zero-order valence-corrected chi connectivity index (χ0v) is 24.7. The second-order valence-electron chi connectivity index (χ2n) is 12.4. The monoisotopic (exact) mass is 567 g/mol. The van der Waals surface area contributed by atoms with E-state index in [-0.39, 0.29) is 42.2 Å². The van der Waals surface area contributed by atoms with Crippen molar-refractivity contribution in [1.82, 2.24) is 9.80 Å². The van der Waals surface area contributed by atoms with Crippen molar-refractivity contribution in [3.8, 4) is 11.5 Å². The van der Waals surface area contributed by atoms with Crippen LogP contribution in [-0.2, 0) is 14.4 Å². The highest BCUT2D eigenvalue weighted by atomic mass is 32.2. The molecular weight excluding hydrogens is 528 g/mol. The fourth-order valence-corrected chi connectivity index (χ4v) is 8.23. The van der Waals surface area contributed by atoms with E-state index in [1.807, 2.05) is 58.0 Å². The van der Waals surface area contributed by atoms with Gasteiger partial charge in [0.25, 0.3) is 0 Å². The lowest BCUT2D eigenvalue weighted by molar-refractivity contribution is -0.167. The molecule has 0 spiro atoms. The van der Waals surface area contributed by atoms with Crippen LogP contribution in [0.5, 0.6) is 11.5 Å². The summed E-state index contributed by atoms with van der Waals surface area (Å²) in [5.41, 5.74) is 1.36. The third-order valence-corrected chi connectivity index (χ3v) is 9.67. The topological polar surface area (TPSA) is 102 Å². The quantitative estimate of drug-likeness (QED) is 0.509. The van der Waals surface area contributed by atoms with E-state index in [9.17, 15) is 19.5 Å². The summed E-state index contributed by atoms with van der Waals surface area (Å²) in [6.07, 6.45) is 0.161. The number of ketones is 1. The van der Waals surface area contributed by atoms with Crippen LogP contribution < -0.4 is 19.3 Å². The lowest BCUT2D eigenvalue weighted by Gasteiger charge is -2.54. The van der Waals surface area contributed by atoms with Crippen LogP contribution >= 0.6 is 11.8 Å². The van der Waals surface area contributed by atoms with Crippen molar-refractivity contribution in [1.29, 1.82) is 0 Å². The normalized spacial score (nSPS) is 28.4. The van der Waals surface area contributed by atoms with Gasteiger partial charge in [-0.15, -0.1) is 11.8 Å². The van der Waals surface area contributed by atoms with Crippen molar-refractivity contribution < 1.29 is 29.0 Å². The Balaban J connectivity index is 1.86. The molecule has 0 radical (unpaired) electrons. The number of piperidine rings is 1. The van der Waals surface area contributed by atoms with Crippen LogP contribution in [0.25, 0.3) is 0 Å². The van der Waals surface area contributed by atoms with E-state index in [1.165, 1.54) is 18.7 Å². The van der Waals surface area contributed by atoms with Gasteiger partial charge in [-0.2, -0.15) is 0 Å². The molecule has 1 saturated heterocycles. The maximum Gasteiger partial charge on any atom is 0.367 e. The summed E-state index contributed by atoms with van der Waals surface area (Å²) in [6.45, 7) is 11.3. The van der Waals surface area contributed by atoms with Gasteiger partial charge in [-0.1, -0.05) is 44.5 Å². The lowest BCUT2D eigenvalue weighted by Crippen LogP contribution is -2.80. The number of nitrogens with zero attached hydrogens (tertiary/aromatic N) is 1. The van der Waals surface area contributed by atoms with Crippen molar-refractivity contribution >= 4 is 35.1 Å². The number of nitrogens with one attached hydrogen (secondary N) is 1. The number of carboxylic acid groups (broad SMARTS) is 1. The first-order chi connectivity index (χ1) is 18.9. The number of carbonyl (C=O) groups excluding carboxylic acids is 2. The lowest BCUT2D eigenvalue weighted by atomic mass is 9.70. The fourth-order valence-electron chi connectivity index (χ4n) is 6.97. The predicted molar refractivity (Wildman–Crippen MR) is 156 cm³/mol. The number of para-hydroxylation sites is 1. The number of quaternary nitrogens is 1. The van der Waals surface area contributed by atoms with Gasteiger partial charge in [0.15, 0.2) is 11.5 Å². The number of carboxylic acids is 1. The molecule has 1 amide bonds. The van der Waals surface area contributed by atoms with Crippen LogP contribution in [0.2, 0.25) is 0 Å². The number of aliphatic carboxylic acids is 1. The summed E-state index contributed by atoms with van der Waals surface area (Å²) >= 11 is 1.49. The van der Waals surface area contributed by atoms with E-state index in [0.717, 1.165) is 16.7 Å². The number of fused-ring (bicyclic) bond motifs is 2.